The molecule has 0 aromatic heterocycles. The molecule has 1 aromatic rings. The second kappa shape index (κ2) is 3.61. The summed E-state index contributed by atoms with van der Waals surface area (Å²) in [6, 6.07) is 3.46. The van der Waals surface area contributed by atoms with E-state index < -0.39 is 0 Å². The van der Waals surface area contributed by atoms with Crippen LogP contribution < -0.4 is 10.5 Å². The van der Waals surface area contributed by atoms with E-state index >= 15 is 0 Å². The van der Waals surface area contributed by atoms with E-state index in [-0.39, 0.29) is 12.1 Å². The van der Waals surface area contributed by atoms with Crippen LogP contribution in [0.25, 0.3) is 0 Å². The molecule has 0 bridgehead atoms. The van der Waals surface area contributed by atoms with Gasteiger partial charge in [0.05, 0.1) is 11.1 Å². The SMILES string of the molecule is CC1CC(N)c2cc(Cl)cc(Cl)c2O1. The summed E-state index contributed by atoms with van der Waals surface area (Å²) in [7, 11) is 0. The predicted octanol–water partition coefficient (Wildman–Crippen LogP) is 3.16. The van der Waals surface area contributed by atoms with Gasteiger partial charge in [-0.2, -0.15) is 0 Å². The molecule has 2 unspecified atom stereocenters. The highest BCUT2D eigenvalue weighted by atomic mass is 35.5. The molecule has 0 saturated carbocycles. The molecule has 0 saturated heterocycles. The number of fused-ring (bicyclic) bond motifs is 1. The molecule has 0 spiro atoms. The Hall–Kier alpha value is -0.440. The van der Waals surface area contributed by atoms with Crippen molar-refractivity contribution < 1.29 is 4.74 Å². The Morgan fingerprint density at radius 3 is 2.86 bits per heavy atom. The second-order valence-corrected chi connectivity index (χ2v) is 4.42. The molecule has 1 aromatic carbocycles. The number of rotatable bonds is 0. The lowest BCUT2D eigenvalue weighted by atomic mass is 9.98. The van der Waals surface area contributed by atoms with Crippen molar-refractivity contribution in [3.63, 3.8) is 0 Å². The first-order chi connectivity index (χ1) is 6.58. The van der Waals surface area contributed by atoms with Crippen LogP contribution in [0.2, 0.25) is 10.0 Å². The van der Waals surface area contributed by atoms with E-state index in [1.807, 2.05) is 13.0 Å². The third-order valence-electron chi connectivity index (χ3n) is 2.34. The summed E-state index contributed by atoms with van der Waals surface area (Å²) in [5.74, 6) is 0.683. The normalized spacial score (nSPS) is 25.4. The van der Waals surface area contributed by atoms with E-state index in [1.165, 1.54) is 0 Å². The zero-order valence-corrected chi connectivity index (χ0v) is 9.27. The Labute approximate surface area is 92.9 Å². The fourth-order valence-electron chi connectivity index (χ4n) is 1.71. The maximum Gasteiger partial charge on any atom is 0.143 e. The quantitative estimate of drug-likeness (QED) is 0.745. The molecule has 0 radical (unpaired) electrons. The summed E-state index contributed by atoms with van der Waals surface area (Å²) in [6.45, 7) is 1.98. The van der Waals surface area contributed by atoms with Crippen LogP contribution in [-0.4, -0.2) is 6.10 Å². The highest BCUT2D eigenvalue weighted by Gasteiger charge is 2.25. The molecule has 0 fully saturated rings. The minimum atomic E-state index is -0.0371. The van der Waals surface area contributed by atoms with Gasteiger partial charge in [0.1, 0.15) is 5.75 Å². The van der Waals surface area contributed by atoms with Crippen LogP contribution in [0.3, 0.4) is 0 Å². The molecule has 1 aliphatic heterocycles. The summed E-state index contributed by atoms with van der Waals surface area (Å²) < 4.78 is 5.62. The molecule has 76 valence electrons. The second-order valence-electron chi connectivity index (χ2n) is 3.58. The van der Waals surface area contributed by atoms with Gasteiger partial charge in [-0.1, -0.05) is 23.2 Å². The molecule has 2 N–H and O–H groups in total. The van der Waals surface area contributed by atoms with Crippen LogP contribution in [0.5, 0.6) is 5.75 Å². The molecule has 2 atom stereocenters. The molecule has 0 amide bonds. The van der Waals surface area contributed by atoms with Crippen molar-refractivity contribution in [1.29, 1.82) is 0 Å². The Bertz CT molecular complexity index is 367. The summed E-state index contributed by atoms with van der Waals surface area (Å²) in [6.07, 6.45) is 0.903. The number of ether oxygens (including phenoxy) is 1. The predicted molar refractivity (Wildman–Crippen MR) is 58.1 cm³/mol. The van der Waals surface area contributed by atoms with Gasteiger partial charge in [-0.3, -0.25) is 0 Å². The lowest BCUT2D eigenvalue weighted by Gasteiger charge is -2.28. The molecule has 0 aliphatic carbocycles. The van der Waals surface area contributed by atoms with Gasteiger partial charge in [-0.05, 0) is 19.1 Å². The minimum Gasteiger partial charge on any atom is -0.489 e. The first kappa shape index (κ1) is 10.1. The van der Waals surface area contributed by atoms with Gasteiger partial charge in [-0.15, -0.1) is 0 Å². The number of hydrogen-bond donors (Lipinski definition) is 1. The summed E-state index contributed by atoms with van der Waals surface area (Å²) in [4.78, 5) is 0. The molecule has 2 rings (SSSR count). The first-order valence-corrected chi connectivity index (χ1v) is 5.24. The fraction of sp³-hybridized carbons (Fsp3) is 0.400. The monoisotopic (exact) mass is 231 g/mol. The molecule has 4 heteroatoms. The smallest absolute Gasteiger partial charge is 0.143 e. The highest BCUT2D eigenvalue weighted by molar-refractivity contribution is 6.35. The van der Waals surface area contributed by atoms with Crippen molar-refractivity contribution in [2.24, 2.45) is 5.73 Å². The van der Waals surface area contributed by atoms with Crippen LogP contribution >= 0.6 is 23.2 Å². The topological polar surface area (TPSA) is 35.2 Å². The van der Waals surface area contributed by atoms with E-state index in [4.69, 9.17) is 33.7 Å². The molecule has 2 nitrogen and oxygen atoms in total. The van der Waals surface area contributed by atoms with Gasteiger partial charge in [0.15, 0.2) is 0 Å². The number of nitrogens with two attached hydrogens (primary N) is 1. The van der Waals surface area contributed by atoms with E-state index in [9.17, 15) is 0 Å². The van der Waals surface area contributed by atoms with Crippen LogP contribution in [0.1, 0.15) is 24.9 Å². The average molecular weight is 232 g/mol. The van der Waals surface area contributed by atoms with E-state index in [0.717, 1.165) is 12.0 Å². The van der Waals surface area contributed by atoms with Gasteiger partial charge in [0, 0.05) is 23.0 Å². The van der Waals surface area contributed by atoms with Gasteiger partial charge >= 0.3 is 0 Å². The van der Waals surface area contributed by atoms with E-state index in [2.05, 4.69) is 0 Å². The lowest BCUT2D eigenvalue weighted by Crippen LogP contribution is -2.27. The average Bonchev–Trinajstić information content (AvgIpc) is 2.07. The fourth-order valence-corrected chi connectivity index (χ4v) is 2.27. The largest absolute Gasteiger partial charge is 0.489 e. The van der Waals surface area contributed by atoms with Gasteiger partial charge in [-0.25, -0.2) is 0 Å². The third-order valence-corrected chi connectivity index (χ3v) is 2.84. The summed E-state index contributed by atoms with van der Waals surface area (Å²) in [5, 5.41) is 1.14. The third kappa shape index (κ3) is 1.70. The van der Waals surface area contributed by atoms with Gasteiger partial charge < -0.3 is 10.5 Å². The van der Waals surface area contributed by atoms with Crippen molar-refractivity contribution in [3.8, 4) is 5.75 Å². The number of benzene rings is 1. The Balaban J connectivity index is 2.53. The number of hydrogen-bond acceptors (Lipinski definition) is 2. The molecular weight excluding hydrogens is 221 g/mol. The van der Waals surface area contributed by atoms with Gasteiger partial charge in [0.25, 0.3) is 0 Å². The van der Waals surface area contributed by atoms with Crippen molar-refractivity contribution in [2.45, 2.75) is 25.5 Å². The maximum atomic E-state index is 6.01. The zero-order chi connectivity index (χ0) is 10.3. The van der Waals surface area contributed by atoms with Crippen molar-refractivity contribution >= 4 is 23.2 Å². The van der Waals surface area contributed by atoms with Crippen molar-refractivity contribution in [3.05, 3.63) is 27.7 Å². The number of halogens is 2. The Kier molecular flexibility index (Phi) is 2.60. The zero-order valence-electron chi connectivity index (χ0n) is 7.76. The molecular formula is C10H11Cl2NO. The van der Waals surface area contributed by atoms with E-state index in [0.29, 0.717) is 15.8 Å². The molecule has 1 aliphatic rings. The maximum absolute atomic E-state index is 6.01. The van der Waals surface area contributed by atoms with Crippen LogP contribution in [0, 0.1) is 0 Å². The summed E-state index contributed by atoms with van der Waals surface area (Å²) in [5.41, 5.74) is 6.88. The van der Waals surface area contributed by atoms with Crippen LogP contribution in [0.4, 0.5) is 0 Å². The first-order valence-electron chi connectivity index (χ1n) is 4.49. The van der Waals surface area contributed by atoms with Crippen LogP contribution in [0.15, 0.2) is 12.1 Å². The Morgan fingerprint density at radius 1 is 1.43 bits per heavy atom. The summed E-state index contributed by atoms with van der Waals surface area (Å²) >= 11 is 11.9. The van der Waals surface area contributed by atoms with E-state index in [1.54, 1.807) is 6.07 Å². The standard InChI is InChI=1S/C10H11Cl2NO/c1-5-2-9(13)7-3-6(11)4-8(12)10(7)14-5/h3-5,9H,2,13H2,1H3. The molecule has 14 heavy (non-hydrogen) atoms. The lowest BCUT2D eigenvalue weighted by molar-refractivity contribution is 0.177. The van der Waals surface area contributed by atoms with Crippen molar-refractivity contribution in [1.82, 2.24) is 0 Å². The van der Waals surface area contributed by atoms with Crippen LogP contribution in [-0.2, 0) is 0 Å². The minimum absolute atomic E-state index is 0.0371. The Morgan fingerprint density at radius 2 is 2.14 bits per heavy atom. The highest BCUT2D eigenvalue weighted by Crippen LogP contribution is 2.40. The van der Waals surface area contributed by atoms with Crippen molar-refractivity contribution in [2.75, 3.05) is 0 Å². The molecule has 1 heterocycles. The van der Waals surface area contributed by atoms with Gasteiger partial charge in [0.2, 0.25) is 0 Å².